The first-order valence-corrected chi connectivity index (χ1v) is 6.75. The summed E-state index contributed by atoms with van der Waals surface area (Å²) in [7, 11) is 0. The van der Waals surface area contributed by atoms with E-state index in [-0.39, 0.29) is 11.5 Å². The van der Waals surface area contributed by atoms with Crippen molar-refractivity contribution in [2.75, 3.05) is 26.4 Å². The largest absolute Gasteiger partial charge is 0.378 e. The van der Waals surface area contributed by atoms with Crippen LogP contribution in [0, 0.1) is 5.92 Å². The summed E-state index contributed by atoms with van der Waals surface area (Å²) in [5, 5.41) is 3.31. The fraction of sp³-hybridized carbons (Fsp3) is 0.923. The number of ketones is 1. The molecule has 4 nitrogen and oxygen atoms in total. The van der Waals surface area contributed by atoms with E-state index < -0.39 is 0 Å². The first-order chi connectivity index (χ1) is 8.27. The van der Waals surface area contributed by atoms with Gasteiger partial charge in [-0.3, -0.25) is 4.79 Å². The second kappa shape index (κ2) is 4.67. The van der Waals surface area contributed by atoms with Gasteiger partial charge in [-0.05, 0) is 25.7 Å². The highest BCUT2D eigenvalue weighted by molar-refractivity contribution is 5.83. The van der Waals surface area contributed by atoms with Gasteiger partial charge in [0, 0.05) is 31.6 Å². The summed E-state index contributed by atoms with van der Waals surface area (Å²) in [6.07, 6.45) is 5.16. The monoisotopic (exact) mass is 239 g/mol. The molecule has 0 aromatic carbocycles. The van der Waals surface area contributed by atoms with Crippen LogP contribution >= 0.6 is 0 Å². The minimum Gasteiger partial charge on any atom is -0.378 e. The normalized spacial score (nSPS) is 37.5. The molecule has 2 heterocycles. The van der Waals surface area contributed by atoms with Crippen LogP contribution in [-0.4, -0.2) is 43.8 Å². The topological polar surface area (TPSA) is 47.6 Å². The van der Waals surface area contributed by atoms with E-state index in [1.54, 1.807) is 0 Å². The number of nitrogens with one attached hydrogen (secondary N) is 1. The zero-order valence-corrected chi connectivity index (χ0v) is 10.2. The van der Waals surface area contributed by atoms with Gasteiger partial charge < -0.3 is 14.8 Å². The molecule has 96 valence electrons. The molecule has 1 spiro atoms. The van der Waals surface area contributed by atoms with E-state index in [9.17, 15) is 4.79 Å². The molecule has 0 amide bonds. The maximum atomic E-state index is 12.1. The van der Waals surface area contributed by atoms with Crippen molar-refractivity contribution in [1.29, 1.82) is 0 Å². The van der Waals surface area contributed by atoms with Crippen LogP contribution in [0.1, 0.15) is 32.1 Å². The highest BCUT2D eigenvalue weighted by atomic mass is 16.6. The van der Waals surface area contributed by atoms with Gasteiger partial charge >= 0.3 is 0 Å². The van der Waals surface area contributed by atoms with Crippen LogP contribution < -0.4 is 5.32 Å². The molecule has 2 saturated heterocycles. The summed E-state index contributed by atoms with van der Waals surface area (Å²) in [5.74, 6) is 0.545. The standard InChI is InChI=1S/C13H21NO3/c15-12(8-14-11-1-2-11)10-3-5-17-13(7-10)4-6-16-9-13/h10-11,14H,1-9H2. The van der Waals surface area contributed by atoms with E-state index in [1.165, 1.54) is 12.8 Å². The van der Waals surface area contributed by atoms with Gasteiger partial charge in [0.05, 0.1) is 18.8 Å². The molecule has 0 aromatic heterocycles. The van der Waals surface area contributed by atoms with Gasteiger partial charge in [-0.1, -0.05) is 0 Å². The minimum absolute atomic E-state index is 0.141. The third-order valence-electron chi connectivity index (χ3n) is 4.16. The molecule has 2 atom stereocenters. The van der Waals surface area contributed by atoms with Gasteiger partial charge in [-0.2, -0.15) is 0 Å². The lowest BCUT2D eigenvalue weighted by Crippen LogP contribution is -2.44. The highest BCUT2D eigenvalue weighted by Crippen LogP contribution is 2.36. The smallest absolute Gasteiger partial charge is 0.149 e. The molecule has 1 aliphatic carbocycles. The van der Waals surface area contributed by atoms with Gasteiger partial charge in [0.2, 0.25) is 0 Å². The molecule has 0 radical (unpaired) electrons. The lowest BCUT2D eigenvalue weighted by atomic mass is 9.83. The number of carbonyl (C=O) groups excluding carboxylic acids is 1. The highest BCUT2D eigenvalue weighted by Gasteiger charge is 2.42. The molecule has 0 aromatic rings. The van der Waals surface area contributed by atoms with E-state index in [0.29, 0.717) is 31.6 Å². The Hall–Kier alpha value is -0.450. The third-order valence-corrected chi connectivity index (χ3v) is 4.16. The van der Waals surface area contributed by atoms with Crippen molar-refractivity contribution in [3.05, 3.63) is 0 Å². The van der Waals surface area contributed by atoms with Gasteiger partial charge in [-0.15, -0.1) is 0 Å². The quantitative estimate of drug-likeness (QED) is 0.791. The van der Waals surface area contributed by atoms with Crippen LogP contribution in [0.5, 0.6) is 0 Å². The van der Waals surface area contributed by atoms with Crippen LogP contribution in [0.2, 0.25) is 0 Å². The molecule has 1 N–H and O–H groups in total. The van der Waals surface area contributed by atoms with E-state index in [2.05, 4.69) is 5.32 Å². The summed E-state index contributed by atoms with van der Waals surface area (Å²) in [6, 6.07) is 0.613. The van der Waals surface area contributed by atoms with E-state index in [0.717, 1.165) is 25.9 Å². The number of hydrogen-bond acceptors (Lipinski definition) is 4. The van der Waals surface area contributed by atoms with Crippen LogP contribution in [0.15, 0.2) is 0 Å². The van der Waals surface area contributed by atoms with Crippen molar-refractivity contribution in [2.24, 2.45) is 5.92 Å². The van der Waals surface area contributed by atoms with E-state index in [1.807, 2.05) is 0 Å². The number of ether oxygens (including phenoxy) is 2. The summed E-state index contributed by atoms with van der Waals surface area (Å²) >= 11 is 0. The van der Waals surface area contributed by atoms with Crippen LogP contribution in [0.4, 0.5) is 0 Å². The first-order valence-electron chi connectivity index (χ1n) is 6.75. The Morgan fingerprint density at radius 2 is 2.18 bits per heavy atom. The summed E-state index contributed by atoms with van der Waals surface area (Å²) in [6.45, 7) is 2.71. The second-order valence-corrected chi connectivity index (χ2v) is 5.65. The Morgan fingerprint density at radius 3 is 2.88 bits per heavy atom. The maximum Gasteiger partial charge on any atom is 0.149 e. The molecule has 2 aliphatic heterocycles. The molecule has 17 heavy (non-hydrogen) atoms. The third kappa shape index (κ3) is 2.69. The number of Topliss-reactive ketones (excluding diaryl/α,β-unsaturated/α-hetero) is 1. The lowest BCUT2D eigenvalue weighted by molar-refractivity contribution is -0.136. The Balaban J connectivity index is 1.53. The van der Waals surface area contributed by atoms with Gasteiger partial charge in [-0.25, -0.2) is 0 Å². The number of hydrogen-bond donors (Lipinski definition) is 1. The molecular formula is C13H21NO3. The molecule has 3 fully saturated rings. The van der Waals surface area contributed by atoms with Crippen molar-refractivity contribution in [3.8, 4) is 0 Å². The van der Waals surface area contributed by atoms with Crippen molar-refractivity contribution >= 4 is 5.78 Å². The van der Waals surface area contributed by atoms with Crippen LogP contribution in [0.25, 0.3) is 0 Å². The van der Waals surface area contributed by atoms with Gasteiger partial charge in [0.25, 0.3) is 0 Å². The molecule has 2 unspecified atom stereocenters. The Labute approximate surface area is 102 Å². The Morgan fingerprint density at radius 1 is 1.29 bits per heavy atom. The van der Waals surface area contributed by atoms with E-state index >= 15 is 0 Å². The van der Waals surface area contributed by atoms with Crippen molar-refractivity contribution in [3.63, 3.8) is 0 Å². The van der Waals surface area contributed by atoms with Crippen molar-refractivity contribution < 1.29 is 14.3 Å². The summed E-state index contributed by atoms with van der Waals surface area (Å²) < 4.78 is 11.3. The molecule has 4 heteroatoms. The average Bonchev–Trinajstić information content (AvgIpc) is 3.08. The lowest BCUT2D eigenvalue weighted by Gasteiger charge is -2.36. The van der Waals surface area contributed by atoms with E-state index in [4.69, 9.17) is 9.47 Å². The number of carbonyl (C=O) groups is 1. The molecule has 3 aliphatic rings. The Bertz CT molecular complexity index is 295. The zero-order chi connectivity index (χ0) is 11.7. The van der Waals surface area contributed by atoms with Crippen molar-refractivity contribution in [2.45, 2.75) is 43.7 Å². The first kappa shape index (κ1) is 11.6. The zero-order valence-electron chi connectivity index (χ0n) is 10.2. The van der Waals surface area contributed by atoms with Crippen LogP contribution in [-0.2, 0) is 14.3 Å². The fourth-order valence-corrected chi connectivity index (χ4v) is 2.84. The Kier molecular flexibility index (Phi) is 3.19. The number of rotatable bonds is 4. The molecular weight excluding hydrogens is 218 g/mol. The predicted octanol–water partition coefficient (Wildman–Crippen LogP) is 0.893. The minimum atomic E-state index is -0.141. The summed E-state index contributed by atoms with van der Waals surface area (Å²) in [5.41, 5.74) is -0.141. The fourth-order valence-electron chi connectivity index (χ4n) is 2.84. The van der Waals surface area contributed by atoms with Crippen molar-refractivity contribution in [1.82, 2.24) is 5.32 Å². The molecule has 3 rings (SSSR count). The molecule has 0 bridgehead atoms. The SMILES string of the molecule is O=C(CNC1CC1)C1CCOC2(CCOC2)C1. The maximum absolute atomic E-state index is 12.1. The van der Waals surface area contributed by atoms with Crippen LogP contribution in [0.3, 0.4) is 0 Å². The van der Waals surface area contributed by atoms with Gasteiger partial charge in [0.15, 0.2) is 0 Å². The van der Waals surface area contributed by atoms with Gasteiger partial charge in [0.1, 0.15) is 5.78 Å². The average molecular weight is 239 g/mol. The summed E-state index contributed by atoms with van der Waals surface area (Å²) in [4.78, 5) is 12.1. The molecule has 1 saturated carbocycles. The predicted molar refractivity (Wildman–Crippen MR) is 62.9 cm³/mol. The second-order valence-electron chi connectivity index (χ2n) is 5.65.